The average molecular weight is 350 g/mol. The van der Waals surface area contributed by atoms with Gasteiger partial charge < -0.3 is 10.6 Å². The highest BCUT2D eigenvalue weighted by Gasteiger charge is 2.29. The van der Waals surface area contributed by atoms with E-state index in [0.29, 0.717) is 29.8 Å². The highest BCUT2D eigenvalue weighted by Crippen LogP contribution is 2.29. The first-order valence-electron chi connectivity index (χ1n) is 7.58. The molecule has 0 aliphatic rings. The third-order valence-corrected chi connectivity index (χ3v) is 3.45. The van der Waals surface area contributed by atoms with Crippen molar-refractivity contribution >= 4 is 17.5 Å². The maximum atomic E-state index is 12.5. The van der Waals surface area contributed by atoms with E-state index >= 15 is 0 Å². The quantitative estimate of drug-likeness (QED) is 0.865. The lowest BCUT2D eigenvalue weighted by molar-refractivity contribution is -0.137. The van der Waals surface area contributed by atoms with Crippen molar-refractivity contribution in [2.24, 2.45) is 0 Å². The summed E-state index contributed by atoms with van der Waals surface area (Å²) in [6, 6.07) is 11.3. The van der Waals surface area contributed by atoms with Crippen molar-refractivity contribution in [3.8, 4) is 0 Å². The van der Waals surface area contributed by atoms with E-state index in [-0.39, 0.29) is 11.8 Å². The summed E-state index contributed by atoms with van der Waals surface area (Å²) in [4.78, 5) is 22.9. The minimum absolute atomic E-state index is 0.200. The largest absolute Gasteiger partial charge is 0.416 e. The summed E-state index contributed by atoms with van der Waals surface area (Å²) in [7, 11) is 0. The van der Waals surface area contributed by atoms with Gasteiger partial charge in [-0.3, -0.25) is 9.59 Å². The monoisotopic (exact) mass is 350 g/mol. The lowest BCUT2D eigenvalue weighted by Crippen LogP contribution is -2.25. The van der Waals surface area contributed by atoms with Gasteiger partial charge in [0, 0.05) is 24.7 Å². The fraction of sp³-hybridized carbons (Fsp3) is 0.222. The molecule has 2 aromatic rings. The predicted molar refractivity (Wildman–Crippen MR) is 88.2 cm³/mol. The smallest absolute Gasteiger partial charge is 0.352 e. The Morgan fingerprint density at radius 2 is 1.56 bits per heavy atom. The number of carbonyl (C=O) groups excluding carboxylic acids is 2. The Balaban J connectivity index is 1.85. The third kappa shape index (κ3) is 5.63. The summed E-state index contributed by atoms with van der Waals surface area (Å²) in [6.45, 7) is 1.69. The second kappa shape index (κ2) is 7.83. The summed E-state index contributed by atoms with van der Waals surface area (Å²) >= 11 is 0. The van der Waals surface area contributed by atoms with Crippen LogP contribution in [0.3, 0.4) is 0 Å². The molecule has 7 heteroatoms. The van der Waals surface area contributed by atoms with Crippen LogP contribution in [0.2, 0.25) is 0 Å². The predicted octanol–water partition coefficient (Wildman–Crippen LogP) is 3.64. The highest BCUT2D eigenvalue weighted by molar-refractivity contribution is 5.95. The average Bonchev–Trinajstić information content (AvgIpc) is 2.54. The molecule has 4 nitrogen and oxygen atoms in total. The lowest BCUT2D eigenvalue weighted by Gasteiger charge is -2.09. The molecule has 2 rings (SSSR count). The fourth-order valence-corrected chi connectivity index (χ4v) is 2.19. The van der Waals surface area contributed by atoms with Crippen LogP contribution in [0.5, 0.6) is 0 Å². The Bertz CT molecular complexity index is 738. The molecule has 2 aromatic carbocycles. The number of nitrogens with one attached hydrogen (secondary N) is 2. The first-order chi connectivity index (χ1) is 11.8. The van der Waals surface area contributed by atoms with Crippen molar-refractivity contribution in [2.45, 2.75) is 19.5 Å². The molecular formula is C18H17F3N2O2. The molecule has 25 heavy (non-hydrogen) atoms. The Labute approximate surface area is 143 Å². The number of amides is 2. The van der Waals surface area contributed by atoms with Crippen molar-refractivity contribution in [2.75, 3.05) is 11.9 Å². The van der Waals surface area contributed by atoms with E-state index in [1.165, 1.54) is 19.1 Å². The Morgan fingerprint density at radius 1 is 0.960 bits per heavy atom. The number of rotatable bonds is 5. The van der Waals surface area contributed by atoms with Crippen LogP contribution in [0, 0.1) is 0 Å². The van der Waals surface area contributed by atoms with Gasteiger partial charge in [0.05, 0.1) is 5.56 Å². The second-order valence-electron chi connectivity index (χ2n) is 5.46. The van der Waals surface area contributed by atoms with Crippen molar-refractivity contribution in [3.05, 3.63) is 65.2 Å². The standard InChI is InChI=1S/C18H17F3N2O2/c1-12(24)23-16-8-4-14(5-9-16)17(25)22-11-10-13-2-6-15(7-3-13)18(19,20)21/h2-9H,10-11H2,1H3,(H,22,25)(H,23,24). The molecule has 0 radical (unpaired) electrons. The Kier molecular flexibility index (Phi) is 5.80. The molecule has 0 heterocycles. The molecule has 0 aliphatic heterocycles. The number of alkyl halides is 3. The molecule has 0 aliphatic carbocycles. The maximum Gasteiger partial charge on any atom is 0.416 e. The summed E-state index contributed by atoms with van der Waals surface area (Å²) in [6.07, 6.45) is -3.93. The fourth-order valence-electron chi connectivity index (χ4n) is 2.19. The van der Waals surface area contributed by atoms with Crippen molar-refractivity contribution in [3.63, 3.8) is 0 Å². The van der Waals surface area contributed by atoms with Gasteiger partial charge in [-0.1, -0.05) is 12.1 Å². The van der Waals surface area contributed by atoms with E-state index in [9.17, 15) is 22.8 Å². The van der Waals surface area contributed by atoms with Crippen molar-refractivity contribution < 1.29 is 22.8 Å². The van der Waals surface area contributed by atoms with Crippen molar-refractivity contribution in [1.29, 1.82) is 0 Å². The van der Waals surface area contributed by atoms with E-state index in [4.69, 9.17) is 0 Å². The minimum Gasteiger partial charge on any atom is -0.352 e. The minimum atomic E-state index is -4.35. The molecule has 0 aromatic heterocycles. The number of benzene rings is 2. The summed E-state index contributed by atoms with van der Waals surface area (Å²) in [5.74, 6) is -0.491. The first kappa shape index (κ1) is 18.5. The molecule has 0 unspecified atom stereocenters. The molecule has 0 atom stereocenters. The van der Waals surface area contributed by atoms with Gasteiger partial charge >= 0.3 is 6.18 Å². The van der Waals surface area contributed by atoms with Crippen LogP contribution in [-0.4, -0.2) is 18.4 Å². The van der Waals surface area contributed by atoms with Gasteiger partial charge in [-0.25, -0.2) is 0 Å². The van der Waals surface area contributed by atoms with Gasteiger partial charge in [0.25, 0.3) is 5.91 Å². The van der Waals surface area contributed by atoms with Gasteiger partial charge in [0.15, 0.2) is 0 Å². The maximum absolute atomic E-state index is 12.5. The van der Waals surface area contributed by atoms with E-state index in [2.05, 4.69) is 10.6 Å². The van der Waals surface area contributed by atoms with Gasteiger partial charge in [0.1, 0.15) is 0 Å². The van der Waals surface area contributed by atoms with Gasteiger partial charge in [-0.2, -0.15) is 13.2 Å². The molecule has 0 saturated carbocycles. The molecule has 2 N–H and O–H groups in total. The molecule has 0 bridgehead atoms. The lowest BCUT2D eigenvalue weighted by atomic mass is 10.1. The van der Waals surface area contributed by atoms with Crippen LogP contribution < -0.4 is 10.6 Å². The molecule has 0 fully saturated rings. The number of hydrogen-bond acceptors (Lipinski definition) is 2. The van der Waals surface area contributed by atoms with Crippen LogP contribution in [-0.2, 0) is 17.4 Å². The molecule has 2 amide bonds. The van der Waals surface area contributed by atoms with Crippen LogP contribution in [0.25, 0.3) is 0 Å². The second-order valence-corrected chi connectivity index (χ2v) is 5.46. The van der Waals surface area contributed by atoms with E-state index < -0.39 is 11.7 Å². The normalized spacial score (nSPS) is 11.0. The zero-order valence-corrected chi connectivity index (χ0v) is 13.5. The molecule has 0 spiro atoms. The van der Waals surface area contributed by atoms with Crippen LogP contribution in [0.1, 0.15) is 28.4 Å². The number of carbonyl (C=O) groups is 2. The SMILES string of the molecule is CC(=O)Nc1ccc(C(=O)NCCc2ccc(C(F)(F)F)cc2)cc1. The summed E-state index contributed by atoms with van der Waals surface area (Å²) < 4.78 is 37.4. The molecule has 0 saturated heterocycles. The van der Waals surface area contributed by atoms with Gasteiger partial charge in [-0.15, -0.1) is 0 Å². The number of hydrogen-bond donors (Lipinski definition) is 2. The van der Waals surface area contributed by atoms with E-state index in [0.717, 1.165) is 12.1 Å². The van der Waals surface area contributed by atoms with Gasteiger partial charge in [-0.05, 0) is 48.4 Å². The Hall–Kier alpha value is -2.83. The first-order valence-corrected chi connectivity index (χ1v) is 7.58. The number of anilines is 1. The zero-order chi connectivity index (χ0) is 18.4. The van der Waals surface area contributed by atoms with Crippen LogP contribution in [0.15, 0.2) is 48.5 Å². The topological polar surface area (TPSA) is 58.2 Å². The van der Waals surface area contributed by atoms with Crippen LogP contribution in [0.4, 0.5) is 18.9 Å². The van der Waals surface area contributed by atoms with E-state index in [1.54, 1.807) is 24.3 Å². The molecular weight excluding hydrogens is 333 g/mol. The molecule has 132 valence electrons. The number of halogens is 3. The third-order valence-electron chi connectivity index (χ3n) is 3.45. The van der Waals surface area contributed by atoms with E-state index in [1.807, 2.05) is 0 Å². The van der Waals surface area contributed by atoms with Crippen molar-refractivity contribution in [1.82, 2.24) is 5.32 Å². The summed E-state index contributed by atoms with van der Waals surface area (Å²) in [5.41, 5.74) is 1.03. The van der Waals surface area contributed by atoms with Crippen LogP contribution >= 0.6 is 0 Å². The summed E-state index contributed by atoms with van der Waals surface area (Å²) in [5, 5.41) is 5.30. The zero-order valence-electron chi connectivity index (χ0n) is 13.5. The van der Waals surface area contributed by atoms with Gasteiger partial charge in [0.2, 0.25) is 5.91 Å². The Morgan fingerprint density at radius 3 is 2.08 bits per heavy atom. The highest BCUT2D eigenvalue weighted by atomic mass is 19.4.